The van der Waals surface area contributed by atoms with Crippen LogP contribution in [0.15, 0.2) is 36.4 Å². The van der Waals surface area contributed by atoms with Crippen LogP contribution in [-0.4, -0.2) is 5.91 Å². The molecule has 1 aromatic heterocycles. The summed E-state index contributed by atoms with van der Waals surface area (Å²) in [4.78, 5) is 12.0. The van der Waals surface area contributed by atoms with E-state index in [2.05, 4.69) is 5.32 Å². The summed E-state index contributed by atoms with van der Waals surface area (Å²) in [6, 6.07) is 7.77. The van der Waals surface area contributed by atoms with Gasteiger partial charge in [-0.2, -0.15) is 13.2 Å². The van der Waals surface area contributed by atoms with Crippen LogP contribution in [0.5, 0.6) is 0 Å². The van der Waals surface area contributed by atoms with Gasteiger partial charge < -0.3 is 5.32 Å². The Morgan fingerprint density at radius 3 is 2.42 bits per heavy atom. The second kappa shape index (κ2) is 5.22. The molecular formula is C12H7ClF3NOS. The number of carbonyl (C=O) groups is 1. The van der Waals surface area contributed by atoms with E-state index < -0.39 is 17.6 Å². The quantitative estimate of drug-likeness (QED) is 0.858. The van der Waals surface area contributed by atoms with Crippen molar-refractivity contribution in [1.82, 2.24) is 0 Å². The highest BCUT2D eigenvalue weighted by Crippen LogP contribution is 2.35. The summed E-state index contributed by atoms with van der Waals surface area (Å²) >= 11 is 6.67. The fourth-order valence-electron chi connectivity index (χ4n) is 1.46. The van der Waals surface area contributed by atoms with E-state index in [9.17, 15) is 18.0 Å². The zero-order valence-corrected chi connectivity index (χ0v) is 10.9. The Bertz CT molecular complexity index is 609. The van der Waals surface area contributed by atoms with Crippen molar-refractivity contribution < 1.29 is 18.0 Å². The van der Waals surface area contributed by atoms with Gasteiger partial charge in [-0.3, -0.25) is 4.79 Å². The van der Waals surface area contributed by atoms with Crippen molar-refractivity contribution in [2.45, 2.75) is 6.18 Å². The van der Waals surface area contributed by atoms with Gasteiger partial charge in [0.05, 0.1) is 20.5 Å². The minimum Gasteiger partial charge on any atom is -0.321 e. The SMILES string of the molecule is O=C(Nc1ccccc1C(F)(F)F)c1ccc(Cl)s1. The number of thiophene rings is 1. The summed E-state index contributed by atoms with van der Waals surface area (Å²) in [6.45, 7) is 0. The van der Waals surface area contributed by atoms with E-state index in [1.165, 1.54) is 30.3 Å². The van der Waals surface area contributed by atoms with Crippen LogP contribution in [0.3, 0.4) is 0 Å². The lowest BCUT2D eigenvalue weighted by molar-refractivity contribution is -0.136. The van der Waals surface area contributed by atoms with Crippen molar-refractivity contribution >= 4 is 34.5 Å². The Hall–Kier alpha value is -1.53. The Morgan fingerprint density at radius 1 is 1.16 bits per heavy atom. The minimum atomic E-state index is -4.52. The molecule has 0 radical (unpaired) electrons. The van der Waals surface area contributed by atoms with Gasteiger partial charge in [0.1, 0.15) is 0 Å². The number of alkyl halides is 3. The van der Waals surface area contributed by atoms with E-state index in [1.54, 1.807) is 0 Å². The van der Waals surface area contributed by atoms with Gasteiger partial charge in [-0.05, 0) is 24.3 Å². The third-order valence-corrected chi connectivity index (χ3v) is 3.51. The van der Waals surface area contributed by atoms with Crippen LogP contribution in [0.2, 0.25) is 4.34 Å². The van der Waals surface area contributed by atoms with Gasteiger partial charge in [-0.15, -0.1) is 11.3 Å². The number of carbonyl (C=O) groups excluding carboxylic acids is 1. The average Bonchev–Trinajstić information content (AvgIpc) is 2.75. The summed E-state index contributed by atoms with van der Waals surface area (Å²) in [7, 11) is 0. The lowest BCUT2D eigenvalue weighted by Gasteiger charge is -2.12. The maximum atomic E-state index is 12.7. The van der Waals surface area contributed by atoms with Gasteiger partial charge in [0.15, 0.2) is 0 Å². The van der Waals surface area contributed by atoms with Crippen molar-refractivity contribution in [2.24, 2.45) is 0 Å². The van der Waals surface area contributed by atoms with Crippen molar-refractivity contribution in [3.63, 3.8) is 0 Å². The maximum Gasteiger partial charge on any atom is 0.418 e. The Labute approximate surface area is 115 Å². The molecule has 0 saturated carbocycles. The fourth-order valence-corrected chi connectivity index (χ4v) is 2.40. The first kappa shape index (κ1) is 13.9. The number of hydrogen-bond donors (Lipinski definition) is 1. The third kappa shape index (κ3) is 3.27. The van der Waals surface area contributed by atoms with Crippen LogP contribution in [0.4, 0.5) is 18.9 Å². The number of rotatable bonds is 2. The van der Waals surface area contributed by atoms with Crippen molar-refractivity contribution in [3.8, 4) is 0 Å². The van der Waals surface area contributed by atoms with E-state index in [-0.39, 0.29) is 10.6 Å². The highest BCUT2D eigenvalue weighted by molar-refractivity contribution is 7.18. The van der Waals surface area contributed by atoms with Crippen molar-refractivity contribution in [2.75, 3.05) is 5.32 Å². The molecule has 2 aromatic rings. The van der Waals surface area contributed by atoms with Gasteiger partial charge >= 0.3 is 6.18 Å². The smallest absolute Gasteiger partial charge is 0.321 e. The van der Waals surface area contributed by atoms with Gasteiger partial charge in [0, 0.05) is 0 Å². The Balaban J connectivity index is 2.27. The molecule has 0 spiro atoms. The molecule has 19 heavy (non-hydrogen) atoms. The topological polar surface area (TPSA) is 29.1 Å². The predicted molar refractivity (Wildman–Crippen MR) is 68.7 cm³/mol. The first-order valence-electron chi connectivity index (χ1n) is 5.11. The van der Waals surface area contributed by atoms with E-state index in [1.807, 2.05) is 0 Å². The molecule has 1 N–H and O–H groups in total. The number of amides is 1. The van der Waals surface area contributed by atoms with Gasteiger partial charge in [-0.1, -0.05) is 23.7 Å². The summed E-state index contributed by atoms with van der Waals surface area (Å²) in [5.41, 5.74) is -1.16. The molecule has 1 amide bonds. The standard InChI is InChI=1S/C12H7ClF3NOS/c13-10-6-5-9(19-10)11(18)17-8-4-2-1-3-7(8)12(14,15)16/h1-6H,(H,17,18). The molecule has 0 aliphatic carbocycles. The maximum absolute atomic E-state index is 12.7. The molecular weight excluding hydrogens is 299 g/mol. The number of anilines is 1. The predicted octanol–water partition coefficient (Wildman–Crippen LogP) is 4.67. The number of nitrogens with one attached hydrogen (secondary N) is 1. The number of para-hydroxylation sites is 1. The second-order valence-corrected chi connectivity index (χ2v) is 5.32. The molecule has 0 aliphatic heterocycles. The Morgan fingerprint density at radius 2 is 1.84 bits per heavy atom. The molecule has 0 unspecified atom stereocenters. The zero-order valence-electron chi connectivity index (χ0n) is 9.29. The number of halogens is 4. The summed E-state index contributed by atoms with van der Waals surface area (Å²) in [5, 5.41) is 2.24. The van der Waals surface area contributed by atoms with Gasteiger partial charge in [0.2, 0.25) is 0 Å². The van der Waals surface area contributed by atoms with Gasteiger partial charge in [-0.25, -0.2) is 0 Å². The van der Waals surface area contributed by atoms with Crippen molar-refractivity contribution in [3.05, 3.63) is 51.2 Å². The molecule has 0 aliphatic rings. The Kier molecular flexibility index (Phi) is 3.82. The number of hydrogen-bond acceptors (Lipinski definition) is 2. The molecule has 0 saturated heterocycles. The van der Waals surface area contributed by atoms with Crippen LogP contribution in [0.25, 0.3) is 0 Å². The first-order chi connectivity index (χ1) is 8.88. The summed E-state index contributed by atoms with van der Waals surface area (Å²) in [5.74, 6) is -0.617. The van der Waals surface area contributed by atoms with Crippen LogP contribution < -0.4 is 5.32 Å². The molecule has 0 fully saturated rings. The third-order valence-electron chi connectivity index (χ3n) is 2.28. The van der Waals surface area contributed by atoms with Crippen LogP contribution in [0.1, 0.15) is 15.2 Å². The zero-order chi connectivity index (χ0) is 14.0. The molecule has 0 bridgehead atoms. The largest absolute Gasteiger partial charge is 0.418 e. The van der Waals surface area contributed by atoms with Gasteiger partial charge in [0.25, 0.3) is 5.91 Å². The van der Waals surface area contributed by atoms with Crippen LogP contribution in [-0.2, 0) is 6.18 Å². The molecule has 7 heteroatoms. The highest BCUT2D eigenvalue weighted by atomic mass is 35.5. The molecule has 2 rings (SSSR count). The highest BCUT2D eigenvalue weighted by Gasteiger charge is 2.33. The average molecular weight is 306 g/mol. The van der Waals surface area contributed by atoms with Crippen molar-refractivity contribution in [1.29, 1.82) is 0 Å². The first-order valence-corrected chi connectivity index (χ1v) is 6.30. The molecule has 100 valence electrons. The van der Waals surface area contributed by atoms with Crippen LogP contribution >= 0.6 is 22.9 Å². The summed E-state index contributed by atoms with van der Waals surface area (Å²) < 4.78 is 38.6. The lowest BCUT2D eigenvalue weighted by Crippen LogP contribution is -2.15. The second-order valence-electron chi connectivity index (χ2n) is 3.60. The lowest BCUT2D eigenvalue weighted by atomic mass is 10.1. The van der Waals surface area contributed by atoms with E-state index in [4.69, 9.17) is 11.6 Å². The minimum absolute atomic E-state index is 0.252. The van der Waals surface area contributed by atoms with E-state index >= 15 is 0 Å². The molecule has 2 nitrogen and oxygen atoms in total. The van der Waals surface area contributed by atoms with E-state index in [0.717, 1.165) is 17.4 Å². The molecule has 1 aromatic carbocycles. The number of benzene rings is 1. The van der Waals surface area contributed by atoms with Crippen LogP contribution in [0, 0.1) is 0 Å². The fraction of sp³-hybridized carbons (Fsp3) is 0.0833. The molecule has 0 atom stereocenters. The normalized spacial score (nSPS) is 11.4. The van der Waals surface area contributed by atoms with E-state index in [0.29, 0.717) is 4.34 Å². The summed E-state index contributed by atoms with van der Waals surface area (Å²) in [6.07, 6.45) is -4.52. The monoisotopic (exact) mass is 305 g/mol. The molecule has 1 heterocycles.